The second-order valence-corrected chi connectivity index (χ2v) is 3.84. The number of aliphatic carboxylic acids is 1. The molecule has 0 bridgehead atoms. The standard InChI is InChI=1S/C10H17NO5/c1-2-3-16-6-9(13)11-5-7(12)4-8(11)10(14)15/h7-8,12H,2-6H2,1H3,(H,14,15)/t7-,8-/m1/s1. The Balaban J connectivity index is 2.50. The SMILES string of the molecule is CCCOCC(=O)N1C[C@H](O)C[C@@H]1C(=O)O. The van der Waals surface area contributed by atoms with Gasteiger partial charge in [0.15, 0.2) is 0 Å². The van der Waals surface area contributed by atoms with E-state index < -0.39 is 18.1 Å². The van der Waals surface area contributed by atoms with Crippen LogP contribution in [0.1, 0.15) is 19.8 Å². The number of likely N-dealkylation sites (tertiary alicyclic amines) is 1. The summed E-state index contributed by atoms with van der Waals surface area (Å²) in [5.74, 6) is -1.46. The van der Waals surface area contributed by atoms with Crippen molar-refractivity contribution < 1.29 is 24.5 Å². The fourth-order valence-electron chi connectivity index (χ4n) is 1.71. The van der Waals surface area contributed by atoms with Crippen molar-refractivity contribution in [1.82, 2.24) is 4.90 Å². The second-order valence-electron chi connectivity index (χ2n) is 3.84. The number of hydrogen-bond donors (Lipinski definition) is 2. The van der Waals surface area contributed by atoms with Crippen LogP contribution in [0.25, 0.3) is 0 Å². The Morgan fingerprint density at radius 1 is 1.50 bits per heavy atom. The first-order valence-corrected chi connectivity index (χ1v) is 5.34. The maximum absolute atomic E-state index is 11.6. The van der Waals surface area contributed by atoms with Crippen molar-refractivity contribution in [3.63, 3.8) is 0 Å². The minimum atomic E-state index is -1.08. The van der Waals surface area contributed by atoms with Gasteiger partial charge in [0.25, 0.3) is 0 Å². The first kappa shape index (κ1) is 12.9. The van der Waals surface area contributed by atoms with Crippen LogP contribution in [0.4, 0.5) is 0 Å². The molecule has 1 aliphatic rings. The Kier molecular flexibility index (Phi) is 4.70. The Hall–Kier alpha value is -1.14. The van der Waals surface area contributed by atoms with Crippen molar-refractivity contribution in [1.29, 1.82) is 0 Å². The van der Waals surface area contributed by atoms with E-state index in [1.807, 2.05) is 6.92 Å². The molecule has 0 radical (unpaired) electrons. The van der Waals surface area contributed by atoms with Crippen LogP contribution in [0, 0.1) is 0 Å². The first-order valence-electron chi connectivity index (χ1n) is 5.34. The van der Waals surface area contributed by atoms with Gasteiger partial charge in [-0.1, -0.05) is 6.92 Å². The maximum Gasteiger partial charge on any atom is 0.326 e. The Bertz CT molecular complexity index is 268. The monoisotopic (exact) mass is 231 g/mol. The molecule has 1 saturated heterocycles. The molecular weight excluding hydrogens is 214 g/mol. The summed E-state index contributed by atoms with van der Waals surface area (Å²) >= 11 is 0. The molecule has 0 unspecified atom stereocenters. The summed E-state index contributed by atoms with van der Waals surface area (Å²) in [6.45, 7) is 2.35. The molecule has 1 amide bonds. The van der Waals surface area contributed by atoms with E-state index in [1.165, 1.54) is 4.90 Å². The predicted octanol–water partition coefficient (Wildman–Crippen LogP) is -0.541. The van der Waals surface area contributed by atoms with Gasteiger partial charge in [-0.15, -0.1) is 0 Å². The molecule has 6 heteroatoms. The van der Waals surface area contributed by atoms with Gasteiger partial charge >= 0.3 is 5.97 Å². The van der Waals surface area contributed by atoms with Crippen LogP contribution in [0.2, 0.25) is 0 Å². The molecule has 1 rings (SSSR count). The molecule has 1 fully saturated rings. The van der Waals surface area contributed by atoms with Crippen LogP contribution in [0.5, 0.6) is 0 Å². The lowest BCUT2D eigenvalue weighted by Gasteiger charge is -2.20. The lowest BCUT2D eigenvalue weighted by Crippen LogP contribution is -2.42. The number of ether oxygens (including phenoxy) is 1. The molecule has 0 aromatic rings. The number of hydrogen-bond acceptors (Lipinski definition) is 4. The van der Waals surface area contributed by atoms with Gasteiger partial charge in [-0.3, -0.25) is 4.79 Å². The minimum absolute atomic E-state index is 0.0747. The van der Waals surface area contributed by atoms with Gasteiger partial charge in [-0.25, -0.2) is 4.79 Å². The molecular formula is C10H17NO5. The van der Waals surface area contributed by atoms with Gasteiger partial charge in [0.05, 0.1) is 6.10 Å². The van der Waals surface area contributed by atoms with E-state index in [9.17, 15) is 14.7 Å². The summed E-state index contributed by atoms with van der Waals surface area (Å²) in [7, 11) is 0. The van der Waals surface area contributed by atoms with Gasteiger partial charge in [0.2, 0.25) is 5.91 Å². The first-order chi connectivity index (χ1) is 7.56. The lowest BCUT2D eigenvalue weighted by atomic mass is 10.2. The topological polar surface area (TPSA) is 87.1 Å². The Morgan fingerprint density at radius 2 is 2.19 bits per heavy atom. The number of carbonyl (C=O) groups is 2. The molecule has 6 nitrogen and oxygen atoms in total. The fraction of sp³-hybridized carbons (Fsp3) is 0.800. The Morgan fingerprint density at radius 3 is 2.75 bits per heavy atom. The van der Waals surface area contributed by atoms with Gasteiger partial charge < -0.3 is 19.8 Å². The molecule has 0 saturated carbocycles. The number of β-amino-alcohol motifs (C(OH)–C–C–N with tert-alkyl or cyclic N) is 1. The third-order valence-corrected chi connectivity index (χ3v) is 2.46. The molecule has 2 atom stereocenters. The second kappa shape index (κ2) is 5.81. The van der Waals surface area contributed by atoms with Crippen LogP contribution in [-0.2, 0) is 14.3 Å². The van der Waals surface area contributed by atoms with Crippen molar-refractivity contribution in [3.8, 4) is 0 Å². The predicted molar refractivity (Wildman–Crippen MR) is 54.9 cm³/mol. The molecule has 92 valence electrons. The smallest absolute Gasteiger partial charge is 0.326 e. The van der Waals surface area contributed by atoms with Crippen LogP contribution in [-0.4, -0.2) is 58.9 Å². The summed E-state index contributed by atoms with van der Waals surface area (Å²) < 4.78 is 5.05. The van der Waals surface area contributed by atoms with Gasteiger partial charge in [-0.05, 0) is 6.42 Å². The zero-order valence-corrected chi connectivity index (χ0v) is 9.26. The number of aliphatic hydroxyl groups is 1. The Labute approximate surface area is 93.8 Å². The number of amides is 1. The van der Waals surface area contributed by atoms with Gasteiger partial charge in [0, 0.05) is 19.6 Å². The van der Waals surface area contributed by atoms with E-state index in [0.29, 0.717) is 6.61 Å². The van der Waals surface area contributed by atoms with E-state index in [2.05, 4.69) is 0 Å². The molecule has 1 aliphatic heterocycles. The number of carboxylic acids is 1. The van der Waals surface area contributed by atoms with Gasteiger partial charge in [0.1, 0.15) is 12.6 Å². The molecule has 0 aromatic heterocycles. The maximum atomic E-state index is 11.6. The molecule has 0 spiro atoms. The average molecular weight is 231 g/mol. The average Bonchev–Trinajstić information content (AvgIpc) is 2.61. The number of aliphatic hydroxyl groups excluding tert-OH is 1. The highest BCUT2D eigenvalue weighted by Gasteiger charge is 2.38. The highest BCUT2D eigenvalue weighted by Crippen LogP contribution is 2.18. The van der Waals surface area contributed by atoms with Gasteiger partial charge in [-0.2, -0.15) is 0 Å². The number of nitrogens with zero attached hydrogens (tertiary/aromatic N) is 1. The van der Waals surface area contributed by atoms with Crippen molar-refractivity contribution in [2.45, 2.75) is 31.9 Å². The van der Waals surface area contributed by atoms with Crippen LogP contribution in [0.3, 0.4) is 0 Å². The largest absolute Gasteiger partial charge is 0.480 e. The summed E-state index contributed by atoms with van der Waals surface area (Å²) in [6, 6.07) is -0.923. The van der Waals surface area contributed by atoms with Crippen molar-refractivity contribution >= 4 is 11.9 Å². The molecule has 2 N–H and O–H groups in total. The van der Waals surface area contributed by atoms with Crippen molar-refractivity contribution in [2.24, 2.45) is 0 Å². The fourth-order valence-corrected chi connectivity index (χ4v) is 1.71. The highest BCUT2D eigenvalue weighted by atomic mass is 16.5. The van der Waals surface area contributed by atoms with Crippen LogP contribution in [0.15, 0.2) is 0 Å². The quantitative estimate of drug-likeness (QED) is 0.620. The number of rotatable bonds is 5. The van der Waals surface area contributed by atoms with E-state index in [0.717, 1.165) is 6.42 Å². The van der Waals surface area contributed by atoms with Crippen molar-refractivity contribution in [3.05, 3.63) is 0 Å². The zero-order chi connectivity index (χ0) is 12.1. The number of carboxylic acid groups (broad SMARTS) is 1. The normalized spacial score (nSPS) is 24.8. The molecule has 0 aromatic carbocycles. The summed E-state index contributed by atoms with van der Waals surface area (Å²) in [6.07, 6.45) is 0.142. The third kappa shape index (κ3) is 3.18. The van der Waals surface area contributed by atoms with Crippen LogP contribution >= 0.6 is 0 Å². The molecule has 16 heavy (non-hydrogen) atoms. The van der Waals surface area contributed by atoms with E-state index in [1.54, 1.807) is 0 Å². The molecule has 0 aliphatic carbocycles. The zero-order valence-electron chi connectivity index (χ0n) is 9.26. The summed E-state index contributed by atoms with van der Waals surface area (Å²) in [5.41, 5.74) is 0. The highest BCUT2D eigenvalue weighted by molar-refractivity contribution is 5.85. The van der Waals surface area contributed by atoms with E-state index in [-0.39, 0.29) is 25.5 Å². The summed E-state index contributed by atoms with van der Waals surface area (Å²) in [5, 5.41) is 18.2. The lowest BCUT2D eigenvalue weighted by molar-refractivity contribution is -0.150. The van der Waals surface area contributed by atoms with E-state index in [4.69, 9.17) is 9.84 Å². The molecule has 1 heterocycles. The third-order valence-electron chi connectivity index (χ3n) is 2.46. The van der Waals surface area contributed by atoms with Crippen LogP contribution < -0.4 is 0 Å². The minimum Gasteiger partial charge on any atom is -0.480 e. The van der Waals surface area contributed by atoms with E-state index >= 15 is 0 Å². The summed E-state index contributed by atoms with van der Waals surface area (Å²) in [4.78, 5) is 23.6. The van der Waals surface area contributed by atoms with Crippen molar-refractivity contribution in [2.75, 3.05) is 19.8 Å². The number of carbonyl (C=O) groups excluding carboxylic acids is 1.